The van der Waals surface area contributed by atoms with Crippen molar-refractivity contribution in [2.24, 2.45) is 0 Å². The van der Waals surface area contributed by atoms with Crippen LogP contribution in [0.15, 0.2) is 23.6 Å². The van der Waals surface area contributed by atoms with E-state index in [2.05, 4.69) is 27.6 Å². The van der Waals surface area contributed by atoms with Gasteiger partial charge in [0.2, 0.25) is 5.91 Å². The van der Waals surface area contributed by atoms with Crippen LogP contribution in [0.3, 0.4) is 0 Å². The van der Waals surface area contributed by atoms with Gasteiger partial charge in [-0.3, -0.25) is 4.79 Å². The second-order valence-corrected chi connectivity index (χ2v) is 7.38. The highest BCUT2D eigenvalue weighted by atomic mass is 32.1. The van der Waals surface area contributed by atoms with Crippen molar-refractivity contribution in [3.8, 4) is 0 Å². The molecule has 0 unspecified atom stereocenters. The van der Waals surface area contributed by atoms with Crippen LogP contribution in [0.2, 0.25) is 0 Å². The minimum absolute atomic E-state index is 0.0402. The zero-order valence-corrected chi connectivity index (χ0v) is 16.7. The van der Waals surface area contributed by atoms with Crippen LogP contribution < -0.4 is 10.2 Å². The number of aryl methyl sites for hydroxylation is 4. The zero-order chi connectivity index (χ0) is 18.8. The van der Waals surface area contributed by atoms with E-state index in [0.29, 0.717) is 6.54 Å². The van der Waals surface area contributed by atoms with E-state index in [1.165, 1.54) is 0 Å². The van der Waals surface area contributed by atoms with E-state index >= 15 is 0 Å². The summed E-state index contributed by atoms with van der Waals surface area (Å²) in [7, 11) is 0. The van der Waals surface area contributed by atoms with Gasteiger partial charge in [-0.15, -0.1) is 11.3 Å². The van der Waals surface area contributed by atoms with Crippen LogP contribution in [0.5, 0.6) is 0 Å². The molecule has 0 aliphatic heterocycles. The molecule has 5 nitrogen and oxygen atoms in total. The average Bonchev–Trinajstić information content (AvgIpc) is 2.96. The summed E-state index contributed by atoms with van der Waals surface area (Å²) in [5, 5.41) is 6.20. The Kier molecular flexibility index (Phi) is 5.23. The van der Waals surface area contributed by atoms with Gasteiger partial charge in [0.15, 0.2) is 0 Å². The Labute approximate surface area is 158 Å². The van der Waals surface area contributed by atoms with Crippen molar-refractivity contribution in [1.29, 1.82) is 0 Å². The summed E-state index contributed by atoms with van der Waals surface area (Å²) in [5.74, 6) is 1.52. The smallest absolute Gasteiger partial charge is 0.243 e. The first-order chi connectivity index (χ1) is 12.4. The fourth-order valence-corrected chi connectivity index (χ4v) is 4.06. The minimum atomic E-state index is -0.0402. The zero-order valence-electron chi connectivity index (χ0n) is 15.9. The fraction of sp³-hybridized carbons (Fsp3) is 0.350. The Bertz CT molecular complexity index is 944. The van der Waals surface area contributed by atoms with Crippen LogP contribution in [-0.4, -0.2) is 29.0 Å². The van der Waals surface area contributed by atoms with E-state index in [9.17, 15) is 4.79 Å². The third kappa shape index (κ3) is 3.55. The number of aromatic nitrogens is 2. The number of amides is 1. The maximum absolute atomic E-state index is 12.7. The van der Waals surface area contributed by atoms with Gasteiger partial charge >= 0.3 is 0 Å². The lowest BCUT2D eigenvalue weighted by Crippen LogP contribution is -2.34. The van der Waals surface area contributed by atoms with Gasteiger partial charge in [-0.25, -0.2) is 9.97 Å². The number of rotatable bonds is 5. The van der Waals surface area contributed by atoms with E-state index in [4.69, 9.17) is 0 Å². The number of benzene rings is 1. The van der Waals surface area contributed by atoms with E-state index in [0.717, 1.165) is 44.2 Å². The van der Waals surface area contributed by atoms with Gasteiger partial charge in [-0.05, 0) is 56.7 Å². The molecule has 0 saturated carbocycles. The van der Waals surface area contributed by atoms with E-state index in [-0.39, 0.29) is 12.5 Å². The molecule has 0 atom stereocenters. The first-order valence-electron chi connectivity index (χ1n) is 8.74. The molecule has 0 fully saturated rings. The van der Waals surface area contributed by atoms with Crippen LogP contribution in [0.4, 0.5) is 11.5 Å². The number of fused-ring (bicyclic) bond motifs is 1. The standard InChI is InChI=1S/C20H24N4OS/c1-6-24(10-16(25)23-18-12(2)8-7-9-13(18)3)19-17-14(4)11-26-20(17)22-15(5)21-19/h7-9,11H,6,10H2,1-5H3,(H,23,25). The Hall–Kier alpha value is -2.47. The van der Waals surface area contributed by atoms with Crippen molar-refractivity contribution in [2.45, 2.75) is 34.6 Å². The lowest BCUT2D eigenvalue weighted by molar-refractivity contribution is -0.115. The summed E-state index contributed by atoms with van der Waals surface area (Å²) in [4.78, 5) is 24.9. The quantitative estimate of drug-likeness (QED) is 0.726. The number of hydrogen-bond acceptors (Lipinski definition) is 5. The third-order valence-corrected chi connectivity index (χ3v) is 5.46. The molecule has 0 saturated heterocycles. The molecule has 2 heterocycles. The van der Waals surface area contributed by atoms with Gasteiger partial charge in [0, 0.05) is 12.2 Å². The van der Waals surface area contributed by atoms with Gasteiger partial charge in [0.25, 0.3) is 0 Å². The number of likely N-dealkylation sites (N-methyl/N-ethyl adjacent to an activating group) is 1. The lowest BCUT2D eigenvalue weighted by Gasteiger charge is -2.23. The summed E-state index contributed by atoms with van der Waals surface area (Å²) in [5.41, 5.74) is 4.17. The molecule has 1 N–H and O–H groups in total. The molecule has 1 aromatic carbocycles. The van der Waals surface area contributed by atoms with Crippen molar-refractivity contribution in [3.05, 3.63) is 46.1 Å². The average molecular weight is 369 g/mol. The van der Waals surface area contributed by atoms with Crippen LogP contribution >= 0.6 is 11.3 Å². The highest BCUT2D eigenvalue weighted by molar-refractivity contribution is 7.17. The highest BCUT2D eigenvalue weighted by Gasteiger charge is 2.18. The maximum Gasteiger partial charge on any atom is 0.243 e. The van der Waals surface area contributed by atoms with Crippen molar-refractivity contribution < 1.29 is 4.79 Å². The lowest BCUT2D eigenvalue weighted by atomic mass is 10.1. The molecule has 0 aliphatic carbocycles. The number of hydrogen-bond donors (Lipinski definition) is 1. The molecule has 6 heteroatoms. The van der Waals surface area contributed by atoms with Crippen LogP contribution in [0.25, 0.3) is 10.2 Å². The Morgan fingerprint density at radius 3 is 2.46 bits per heavy atom. The second-order valence-electron chi connectivity index (χ2n) is 6.52. The van der Waals surface area contributed by atoms with Crippen molar-refractivity contribution in [2.75, 3.05) is 23.3 Å². The van der Waals surface area contributed by atoms with E-state index in [1.807, 2.05) is 50.8 Å². The van der Waals surface area contributed by atoms with Crippen LogP contribution in [0.1, 0.15) is 29.4 Å². The topological polar surface area (TPSA) is 58.1 Å². The SMILES string of the molecule is CCN(CC(=O)Nc1c(C)cccc1C)c1nc(C)nc2scc(C)c12. The summed E-state index contributed by atoms with van der Waals surface area (Å²) in [6, 6.07) is 6.01. The van der Waals surface area contributed by atoms with Crippen LogP contribution in [-0.2, 0) is 4.79 Å². The minimum Gasteiger partial charge on any atom is -0.347 e. The van der Waals surface area contributed by atoms with Crippen molar-refractivity contribution in [1.82, 2.24) is 9.97 Å². The number of carbonyl (C=O) groups is 1. The molecule has 136 valence electrons. The molecule has 2 aromatic heterocycles. The first kappa shape index (κ1) is 18.3. The van der Waals surface area contributed by atoms with Crippen LogP contribution in [0, 0.1) is 27.7 Å². The van der Waals surface area contributed by atoms with Gasteiger partial charge < -0.3 is 10.2 Å². The third-order valence-electron chi connectivity index (χ3n) is 4.47. The summed E-state index contributed by atoms with van der Waals surface area (Å²) < 4.78 is 0. The highest BCUT2D eigenvalue weighted by Crippen LogP contribution is 2.31. The van der Waals surface area contributed by atoms with Gasteiger partial charge in [-0.2, -0.15) is 0 Å². The van der Waals surface area contributed by atoms with E-state index in [1.54, 1.807) is 11.3 Å². The molecular weight excluding hydrogens is 344 g/mol. The largest absolute Gasteiger partial charge is 0.347 e. The normalized spacial score (nSPS) is 11.0. The molecular formula is C20H24N4OS. The van der Waals surface area contributed by atoms with Crippen molar-refractivity contribution in [3.63, 3.8) is 0 Å². The molecule has 1 amide bonds. The Balaban J connectivity index is 1.88. The van der Waals surface area contributed by atoms with Gasteiger partial charge in [0.05, 0.1) is 11.9 Å². The molecule has 3 aromatic rings. The molecule has 0 spiro atoms. The number of anilines is 2. The summed E-state index contributed by atoms with van der Waals surface area (Å²) in [6.45, 7) is 11.0. The molecule has 3 rings (SSSR count). The Morgan fingerprint density at radius 2 is 1.81 bits per heavy atom. The predicted molar refractivity (Wildman–Crippen MR) is 109 cm³/mol. The number of nitrogens with one attached hydrogen (secondary N) is 1. The van der Waals surface area contributed by atoms with E-state index < -0.39 is 0 Å². The summed E-state index contributed by atoms with van der Waals surface area (Å²) >= 11 is 1.62. The number of carbonyl (C=O) groups excluding carboxylic acids is 1. The molecule has 0 radical (unpaired) electrons. The number of thiophene rings is 1. The monoisotopic (exact) mass is 368 g/mol. The number of para-hydroxylation sites is 1. The van der Waals surface area contributed by atoms with Crippen molar-refractivity contribution >= 4 is 39.0 Å². The molecule has 0 bridgehead atoms. The first-order valence-corrected chi connectivity index (χ1v) is 9.62. The fourth-order valence-electron chi connectivity index (χ4n) is 3.10. The number of nitrogens with zero attached hydrogens (tertiary/aromatic N) is 3. The van der Waals surface area contributed by atoms with Gasteiger partial charge in [-0.1, -0.05) is 18.2 Å². The van der Waals surface area contributed by atoms with Gasteiger partial charge in [0.1, 0.15) is 16.5 Å². The molecule has 26 heavy (non-hydrogen) atoms. The second kappa shape index (κ2) is 7.41. The summed E-state index contributed by atoms with van der Waals surface area (Å²) in [6.07, 6.45) is 0. The Morgan fingerprint density at radius 1 is 1.12 bits per heavy atom. The predicted octanol–water partition coefficient (Wildman–Crippen LogP) is 4.39. The molecule has 0 aliphatic rings. The maximum atomic E-state index is 12.7.